The topological polar surface area (TPSA) is 15.3 Å². The molecule has 0 atom stereocenters. The van der Waals surface area contributed by atoms with Crippen LogP contribution in [0.15, 0.2) is 0 Å². The van der Waals surface area contributed by atoms with Gasteiger partial charge in [0.1, 0.15) is 0 Å². The molecule has 176 valence electrons. The lowest BCUT2D eigenvalue weighted by Gasteiger charge is -2.09. The van der Waals surface area contributed by atoms with E-state index in [-0.39, 0.29) is 0 Å². The quantitative estimate of drug-likeness (QED) is 0.152. The van der Waals surface area contributed by atoms with Crippen molar-refractivity contribution in [1.29, 1.82) is 0 Å². The molecule has 0 bridgehead atoms. The first-order chi connectivity index (χ1) is 14.3. The lowest BCUT2D eigenvalue weighted by atomic mass is 10.0. The molecule has 1 N–H and O–H groups in total. The third kappa shape index (κ3) is 27.9. The molecule has 0 amide bonds. The third-order valence-electron chi connectivity index (χ3n) is 6.17. The number of hydrogen-bond acceptors (Lipinski definition) is 2. The summed E-state index contributed by atoms with van der Waals surface area (Å²) in [6.07, 6.45) is 30.5. The molecule has 2 nitrogen and oxygen atoms in total. The molecule has 0 fully saturated rings. The van der Waals surface area contributed by atoms with Crippen molar-refractivity contribution in [3.05, 3.63) is 0 Å². The lowest BCUT2D eigenvalue weighted by Crippen LogP contribution is -2.22. The first kappa shape index (κ1) is 28.9. The highest BCUT2D eigenvalue weighted by molar-refractivity contribution is 4.53. The van der Waals surface area contributed by atoms with Crippen LogP contribution in [-0.4, -0.2) is 38.6 Å². The molecule has 0 saturated carbocycles. The van der Waals surface area contributed by atoms with Crippen LogP contribution in [0.1, 0.15) is 142 Å². The summed E-state index contributed by atoms with van der Waals surface area (Å²) in [5, 5.41) is 3.57. The predicted octanol–water partition coefficient (Wildman–Crippen LogP) is 8.35. The minimum atomic E-state index is 1.18. The van der Waals surface area contributed by atoms with E-state index in [2.05, 4.69) is 31.2 Å². The second-order valence-corrected chi connectivity index (χ2v) is 9.62. The van der Waals surface area contributed by atoms with Crippen LogP contribution >= 0.6 is 0 Å². The maximum absolute atomic E-state index is 3.57. The highest BCUT2D eigenvalue weighted by Crippen LogP contribution is 2.14. The van der Waals surface area contributed by atoms with E-state index in [0.717, 1.165) is 0 Å². The molecule has 0 radical (unpaired) electrons. The minimum absolute atomic E-state index is 1.18. The van der Waals surface area contributed by atoms with Gasteiger partial charge in [-0.2, -0.15) is 0 Å². The zero-order valence-corrected chi connectivity index (χ0v) is 20.9. The maximum atomic E-state index is 3.57. The van der Waals surface area contributed by atoms with Crippen LogP contribution in [-0.2, 0) is 0 Å². The monoisotopic (exact) mass is 410 g/mol. The normalized spacial score (nSPS) is 11.6. The van der Waals surface area contributed by atoms with Crippen LogP contribution in [0.2, 0.25) is 0 Å². The highest BCUT2D eigenvalue weighted by Gasteiger charge is 1.96. The van der Waals surface area contributed by atoms with Crippen LogP contribution in [0.5, 0.6) is 0 Å². The van der Waals surface area contributed by atoms with Crippen LogP contribution in [0, 0.1) is 0 Å². The Kier molecular flexibility index (Phi) is 25.9. The van der Waals surface area contributed by atoms with Crippen molar-refractivity contribution >= 4 is 0 Å². The Labute approximate surface area is 186 Å². The molecular weight excluding hydrogens is 352 g/mol. The van der Waals surface area contributed by atoms with Gasteiger partial charge in [-0.3, -0.25) is 0 Å². The van der Waals surface area contributed by atoms with E-state index in [9.17, 15) is 0 Å². The Hall–Kier alpha value is -0.0800. The molecule has 0 aliphatic heterocycles. The molecule has 0 rings (SSSR count). The molecule has 0 aromatic heterocycles. The fourth-order valence-corrected chi connectivity index (χ4v) is 4.15. The number of unbranched alkanes of at least 4 members (excludes halogenated alkanes) is 19. The number of nitrogens with one attached hydrogen (secondary N) is 1. The molecular formula is C27H58N2. The van der Waals surface area contributed by atoms with Crippen molar-refractivity contribution in [2.45, 2.75) is 142 Å². The van der Waals surface area contributed by atoms with Crippen LogP contribution in [0.25, 0.3) is 0 Å². The zero-order chi connectivity index (χ0) is 21.3. The molecule has 0 aromatic carbocycles. The van der Waals surface area contributed by atoms with Gasteiger partial charge in [0.15, 0.2) is 0 Å². The van der Waals surface area contributed by atoms with E-state index in [1.54, 1.807) is 0 Å². The molecule has 0 spiro atoms. The summed E-state index contributed by atoms with van der Waals surface area (Å²) in [6.45, 7) is 5.89. The molecule has 0 aliphatic carbocycles. The first-order valence-electron chi connectivity index (χ1n) is 13.6. The summed E-state index contributed by atoms with van der Waals surface area (Å²) < 4.78 is 0. The van der Waals surface area contributed by atoms with E-state index in [0.29, 0.717) is 0 Å². The van der Waals surface area contributed by atoms with Gasteiger partial charge in [-0.15, -0.1) is 0 Å². The third-order valence-corrected chi connectivity index (χ3v) is 6.17. The first-order valence-corrected chi connectivity index (χ1v) is 13.6. The Morgan fingerprint density at radius 3 is 1.07 bits per heavy atom. The van der Waals surface area contributed by atoms with Gasteiger partial charge in [-0.1, -0.05) is 129 Å². The zero-order valence-electron chi connectivity index (χ0n) is 20.9. The van der Waals surface area contributed by atoms with E-state index >= 15 is 0 Å². The Morgan fingerprint density at radius 2 is 0.724 bits per heavy atom. The van der Waals surface area contributed by atoms with E-state index < -0.39 is 0 Å². The second kappa shape index (κ2) is 26.0. The highest BCUT2D eigenvalue weighted by atomic mass is 15.0. The lowest BCUT2D eigenvalue weighted by molar-refractivity contribution is 0.393. The average Bonchev–Trinajstić information content (AvgIpc) is 2.71. The van der Waals surface area contributed by atoms with Gasteiger partial charge < -0.3 is 10.2 Å². The fourth-order valence-electron chi connectivity index (χ4n) is 4.15. The maximum Gasteiger partial charge on any atom is -0.00127 e. The molecule has 29 heavy (non-hydrogen) atoms. The van der Waals surface area contributed by atoms with E-state index in [1.165, 1.54) is 154 Å². The fraction of sp³-hybridized carbons (Fsp3) is 1.00. The van der Waals surface area contributed by atoms with Crippen molar-refractivity contribution in [1.82, 2.24) is 10.2 Å². The molecule has 2 heteroatoms. The van der Waals surface area contributed by atoms with Gasteiger partial charge in [-0.05, 0) is 46.6 Å². The van der Waals surface area contributed by atoms with Crippen LogP contribution in [0.4, 0.5) is 0 Å². The number of hydrogen-bond donors (Lipinski definition) is 1. The van der Waals surface area contributed by atoms with Gasteiger partial charge in [0.05, 0.1) is 0 Å². The van der Waals surface area contributed by atoms with Crippen molar-refractivity contribution in [3.8, 4) is 0 Å². The minimum Gasteiger partial charge on any atom is -0.317 e. The van der Waals surface area contributed by atoms with Gasteiger partial charge in [0, 0.05) is 0 Å². The second-order valence-electron chi connectivity index (χ2n) is 9.62. The van der Waals surface area contributed by atoms with Crippen molar-refractivity contribution < 1.29 is 0 Å². The summed E-state index contributed by atoms with van der Waals surface area (Å²) in [5.41, 5.74) is 0. The Morgan fingerprint density at radius 1 is 0.414 bits per heavy atom. The Balaban J connectivity index is 2.98. The van der Waals surface area contributed by atoms with Gasteiger partial charge >= 0.3 is 0 Å². The summed E-state index contributed by atoms with van der Waals surface area (Å²) in [6, 6.07) is 0. The van der Waals surface area contributed by atoms with Gasteiger partial charge in [0.25, 0.3) is 0 Å². The summed E-state index contributed by atoms with van der Waals surface area (Å²) in [7, 11) is 4.30. The molecule has 0 aliphatic rings. The van der Waals surface area contributed by atoms with Gasteiger partial charge in [0.2, 0.25) is 0 Å². The average molecular weight is 411 g/mol. The SMILES string of the molecule is CCCCCCCCCCCCCCCCCCCCCCNCCCN(C)C. The van der Waals surface area contributed by atoms with Crippen LogP contribution < -0.4 is 5.32 Å². The Bertz CT molecular complexity index is 278. The van der Waals surface area contributed by atoms with Crippen molar-refractivity contribution in [2.75, 3.05) is 33.7 Å². The summed E-state index contributed by atoms with van der Waals surface area (Å²) in [5.74, 6) is 0. The summed E-state index contributed by atoms with van der Waals surface area (Å²) in [4.78, 5) is 2.26. The largest absolute Gasteiger partial charge is 0.317 e. The standard InChI is InChI=1S/C27H58N2/c1-4-5-6-7-8-9-10-11-12-13-14-15-16-17-18-19-20-21-22-23-25-28-26-24-27-29(2)3/h28H,4-27H2,1-3H3. The van der Waals surface area contributed by atoms with Gasteiger partial charge in [-0.25, -0.2) is 0 Å². The molecule has 0 heterocycles. The van der Waals surface area contributed by atoms with E-state index in [4.69, 9.17) is 0 Å². The van der Waals surface area contributed by atoms with Crippen molar-refractivity contribution in [3.63, 3.8) is 0 Å². The number of nitrogens with zero attached hydrogens (tertiary/aromatic N) is 1. The molecule has 0 aromatic rings. The van der Waals surface area contributed by atoms with Crippen molar-refractivity contribution in [2.24, 2.45) is 0 Å². The van der Waals surface area contributed by atoms with Crippen LogP contribution in [0.3, 0.4) is 0 Å². The molecule has 0 saturated heterocycles. The smallest absolute Gasteiger partial charge is 0.00127 e. The molecule has 0 unspecified atom stereocenters. The van der Waals surface area contributed by atoms with E-state index in [1.807, 2.05) is 0 Å². The number of rotatable bonds is 25. The summed E-state index contributed by atoms with van der Waals surface area (Å²) >= 11 is 0. The predicted molar refractivity (Wildman–Crippen MR) is 134 cm³/mol.